The van der Waals surface area contributed by atoms with Crippen LogP contribution in [-0.4, -0.2) is 43.8 Å². The highest BCUT2D eigenvalue weighted by Crippen LogP contribution is 2.77. The van der Waals surface area contributed by atoms with E-state index in [9.17, 15) is 23.1 Å². The molecule has 2 N–H and O–H groups in total. The van der Waals surface area contributed by atoms with E-state index in [-0.39, 0.29) is 39.4 Å². The van der Waals surface area contributed by atoms with Gasteiger partial charge < -0.3 is 5.11 Å². The predicted octanol–water partition coefficient (Wildman–Crippen LogP) is 7.96. The van der Waals surface area contributed by atoms with Crippen LogP contribution >= 0.6 is 0 Å². The van der Waals surface area contributed by atoms with Gasteiger partial charge in [-0.3, -0.25) is 4.79 Å². The van der Waals surface area contributed by atoms with E-state index in [0.29, 0.717) is 36.2 Å². The average molecular weight is 665 g/mol. The molecule has 0 heterocycles. The van der Waals surface area contributed by atoms with Crippen molar-refractivity contribution in [3.8, 4) is 0 Å². The molecule has 0 aromatic heterocycles. The molecule has 5 aliphatic carbocycles. The molecule has 4 fully saturated rings. The second kappa shape index (κ2) is 11.0. The van der Waals surface area contributed by atoms with Crippen LogP contribution in [0.1, 0.15) is 115 Å². The van der Waals surface area contributed by atoms with Crippen LogP contribution in [0.15, 0.2) is 42.5 Å². The van der Waals surface area contributed by atoms with Crippen LogP contribution in [0.25, 0.3) is 5.57 Å². The lowest BCUT2D eigenvalue weighted by atomic mass is 9.32. The van der Waals surface area contributed by atoms with E-state index in [2.05, 4.69) is 58.9 Å². The second-order valence-corrected chi connectivity index (χ2v) is 19.4. The SMILES string of the molecule is C=C(C)C1CCC2(C(=O)NS(=O)(=O)N(C)C)CCC3(C)C(CCC4C5(C)CC=C(c6ccc(C(=O)O)cc6)C(C)(C)C5CCC43C)C12. The van der Waals surface area contributed by atoms with Gasteiger partial charge in [-0.2, -0.15) is 12.7 Å². The van der Waals surface area contributed by atoms with Crippen molar-refractivity contribution < 1.29 is 23.1 Å². The van der Waals surface area contributed by atoms with Crippen LogP contribution in [-0.2, 0) is 15.0 Å². The molecule has 1 amide bonds. The molecule has 9 atom stereocenters. The fraction of sp³-hybridized carbons (Fsp3) is 0.692. The van der Waals surface area contributed by atoms with Gasteiger partial charge in [0, 0.05) is 14.1 Å². The molecule has 0 saturated heterocycles. The minimum absolute atomic E-state index is 0.0254. The Bertz CT molecular complexity index is 1630. The van der Waals surface area contributed by atoms with E-state index in [4.69, 9.17) is 0 Å². The van der Waals surface area contributed by atoms with Crippen LogP contribution in [0.4, 0.5) is 0 Å². The number of nitrogens with zero attached hydrogens (tertiary/aromatic N) is 1. The van der Waals surface area contributed by atoms with Crippen molar-refractivity contribution in [2.75, 3.05) is 14.1 Å². The molecule has 258 valence electrons. The van der Waals surface area contributed by atoms with Gasteiger partial charge in [-0.25, -0.2) is 9.52 Å². The largest absolute Gasteiger partial charge is 0.478 e. The normalized spacial score (nSPS) is 40.7. The van der Waals surface area contributed by atoms with Crippen molar-refractivity contribution in [1.29, 1.82) is 0 Å². The highest BCUT2D eigenvalue weighted by atomic mass is 32.2. The molecule has 7 nitrogen and oxygen atoms in total. The fourth-order valence-electron chi connectivity index (χ4n) is 12.7. The summed E-state index contributed by atoms with van der Waals surface area (Å²) in [6.45, 7) is 18.9. The Hall–Kier alpha value is -2.45. The topological polar surface area (TPSA) is 104 Å². The van der Waals surface area contributed by atoms with Crippen molar-refractivity contribution in [3.05, 3.63) is 53.6 Å². The molecular formula is C39H56N2O5S. The number of carbonyl (C=O) groups excluding carboxylic acids is 1. The molecule has 6 rings (SSSR count). The molecule has 4 saturated carbocycles. The number of carboxylic acid groups (broad SMARTS) is 1. The van der Waals surface area contributed by atoms with Crippen molar-refractivity contribution in [2.45, 2.75) is 99.3 Å². The van der Waals surface area contributed by atoms with Gasteiger partial charge in [0.2, 0.25) is 5.91 Å². The zero-order chi connectivity index (χ0) is 34.5. The molecule has 1 aromatic rings. The minimum atomic E-state index is -3.89. The summed E-state index contributed by atoms with van der Waals surface area (Å²) in [4.78, 5) is 25.7. The highest BCUT2D eigenvalue weighted by molar-refractivity contribution is 7.87. The Balaban J connectivity index is 1.36. The monoisotopic (exact) mass is 664 g/mol. The van der Waals surface area contributed by atoms with E-state index in [1.54, 1.807) is 12.1 Å². The quantitative estimate of drug-likeness (QED) is 0.301. The molecule has 47 heavy (non-hydrogen) atoms. The molecule has 0 bridgehead atoms. The maximum Gasteiger partial charge on any atom is 0.335 e. The molecule has 0 spiro atoms. The number of benzene rings is 1. The van der Waals surface area contributed by atoms with Crippen molar-refractivity contribution in [3.63, 3.8) is 0 Å². The number of aromatic carboxylic acids is 1. The van der Waals surface area contributed by atoms with Crippen LogP contribution in [0, 0.1) is 56.7 Å². The number of amides is 1. The molecule has 0 aliphatic heterocycles. The second-order valence-electron chi connectivity index (χ2n) is 17.5. The lowest BCUT2D eigenvalue weighted by Crippen LogP contribution is -2.66. The third-order valence-electron chi connectivity index (χ3n) is 15.2. The van der Waals surface area contributed by atoms with Gasteiger partial charge >= 0.3 is 16.2 Å². The summed E-state index contributed by atoms with van der Waals surface area (Å²) in [6, 6.07) is 7.41. The third kappa shape index (κ3) is 4.77. The predicted molar refractivity (Wildman–Crippen MR) is 186 cm³/mol. The number of carbonyl (C=O) groups is 2. The first-order chi connectivity index (χ1) is 21.8. The van der Waals surface area contributed by atoms with E-state index in [1.807, 2.05) is 12.1 Å². The van der Waals surface area contributed by atoms with Crippen LogP contribution in [0.5, 0.6) is 0 Å². The van der Waals surface area contributed by atoms with Gasteiger partial charge in [-0.15, -0.1) is 0 Å². The minimum Gasteiger partial charge on any atom is -0.478 e. The highest BCUT2D eigenvalue weighted by Gasteiger charge is 2.71. The number of hydrogen-bond acceptors (Lipinski definition) is 4. The van der Waals surface area contributed by atoms with Crippen LogP contribution in [0.2, 0.25) is 0 Å². The third-order valence-corrected chi connectivity index (χ3v) is 16.6. The lowest BCUT2D eigenvalue weighted by molar-refractivity contribution is -0.224. The maximum absolute atomic E-state index is 14.2. The van der Waals surface area contributed by atoms with Gasteiger partial charge in [0.25, 0.3) is 0 Å². The standard InChI is InChI=1S/C39H56N2O5S/c1-24(2)27-16-21-39(34(44)40-47(45,46)41(8)9)23-22-37(6)29(32(27)39)14-15-31-36(5)19-17-28(25-10-12-26(13-11-25)33(42)43)35(3,4)30(36)18-20-38(31,37)7/h10-13,17,27,29-32H,1,14-16,18-23H2,2-9H3,(H,40,44)(H,42,43). The Labute approximate surface area is 282 Å². The number of rotatable bonds is 6. The van der Waals surface area contributed by atoms with Gasteiger partial charge in [-0.05, 0) is 139 Å². The summed E-state index contributed by atoms with van der Waals surface area (Å²) in [6.07, 6.45) is 11.1. The molecule has 0 radical (unpaired) electrons. The summed E-state index contributed by atoms with van der Waals surface area (Å²) in [5, 5.41) is 9.45. The maximum atomic E-state index is 14.2. The summed E-state index contributed by atoms with van der Waals surface area (Å²) < 4.78 is 29.4. The van der Waals surface area contributed by atoms with E-state index in [1.165, 1.54) is 19.7 Å². The Morgan fingerprint density at radius 2 is 1.55 bits per heavy atom. The summed E-state index contributed by atoms with van der Waals surface area (Å²) >= 11 is 0. The Morgan fingerprint density at radius 3 is 2.15 bits per heavy atom. The zero-order valence-corrected chi connectivity index (χ0v) is 30.6. The van der Waals surface area contributed by atoms with Gasteiger partial charge in [0.05, 0.1) is 11.0 Å². The van der Waals surface area contributed by atoms with Gasteiger partial charge in [-0.1, -0.05) is 65.0 Å². The van der Waals surface area contributed by atoms with Crippen molar-refractivity contribution in [2.24, 2.45) is 56.7 Å². The zero-order valence-electron chi connectivity index (χ0n) is 29.8. The first-order valence-corrected chi connectivity index (χ1v) is 19.1. The molecular weight excluding hydrogens is 609 g/mol. The number of nitrogens with one attached hydrogen (secondary N) is 1. The number of allylic oxidation sites excluding steroid dienone is 3. The average Bonchev–Trinajstić information content (AvgIpc) is 3.38. The summed E-state index contributed by atoms with van der Waals surface area (Å²) in [7, 11) is -0.957. The smallest absolute Gasteiger partial charge is 0.335 e. The molecule has 9 unspecified atom stereocenters. The van der Waals surface area contributed by atoms with E-state index >= 15 is 0 Å². The van der Waals surface area contributed by atoms with Crippen LogP contribution < -0.4 is 4.72 Å². The Kier molecular flexibility index (Phi) is 8.08. The number of carboxylic acids is 1. The molecule has 8 heteroatoms. The fourth-order valence-corrected chi connectivity index (χ4v) is 13.4. The lowest BCUT2D eigenvalue weighted by Gasteiger charge is -2.72. The number of hydrogen-bond donors (Lipinski definition) is 2. The molecule has 1 aromatic carbocycles. The summed E-state index contributed by atoms with van der Waals surface area (Å²) in [5.41, 5.74) is 3.36. The van der Waals surface area contributed by atoms with Gasteiger partial charge in [0.1, 0.15) is 0 Å². The van der Waals surface area contributed by atoms with E-state index in [0.717, 1.165) is 60.4 Å². The first-order valence-electron chi connectivity index (χ1n) is 17.7. The van der Waals surface area contributed by atoms with Gasteiger partial charge in [0.15, 0.2) is 0 Å². The van der Waals surface area contributed by atoms with Crippen LogP contribution in [0.3, 0.4) is 0 Å². The van der Waals surface area contributed by atoms with Crippen molar-refractivity contribution >= 4 is 27.7 Å². The number of fused-ring (bicyclic) bond motifs is 7. The summed E-state index contributed by atoms with van der Waals surface area (Å²) in [5.74, 6) is 0.433. The molecule has 5 aliphatic rings. The first kappa shape index (κ1) is 34.4. The van der Waals surface area contributed by atoms with E-state index < -0.39 is 21.6 Å². The Morgan fingerprint density at radius 1 is 0.894 bits per heavy atom. The van der Waals surface area contributed by atoms with Crippen molar-refractivity contribution in [1.82, 2.24) is 9.03 Å².